The Balaban J connectivity index is 0.768. The number of carbonyl (C=O) groups is 1. The van der Waals surface area contributed by atoms with Crippen LogP contribution in [0, 0.1) is 23.2 Å². The molecular weight excluding hydrogens is 884 g/mol. The molecule has 0 amide bonds. The van der Waals surface area contributed by atoms with Crippen LogP contribution in [0.1, 0.15) is 86.0 Å². The van der Waals surface area contributed by atoms with Crippen molar-refractivity contribution in [2.24, 2.45) is 23.2 Å². The number of hydrogen-bond acceptors (Lipinski definition) is 20. The van der Waals surface area contributed by atoms with E-state index in [4.69, 9.17) is 61.6 Å². The first-order valence-corrected chi connectivity index (χ1v) is 24.2. The zero-order valence-corrected chi connectivity index (χ0v) is 39.4. The number of aliphatic hydroxyl groups is 6. The van der Waals surface area contributed by atoms with Crippen LogP contribution < -0.4 is 0 Å². The summed E-state index contributed by atoms with van der Waals surface area (Å²) in [5.74, 6) is -1.52. The van der Waals surface area contributed by atoms with Gasteiger partial charge in [-0.25, -0.2) is 0 Å². The minimum atomic E-state index is -1.60. The molecule has 7 heterocycles. The fourth-order valence-electron chi connectivity index (χ4n) is 12.6. The van der Waals surface area contributed by atoms with Gasteiger partial charge in [0.15, 0.2) is 25.2 Å². The van der Waals surface area contributed by atoms with Gasteiger partial charge in [0.25, 0.3) is 0 Å². The Morgan fingerprint density at radius 2 is 1.37 bits per heavy atom. The first-order valence-electron chi connectivity index (χ1n) is 24.2. The molecule has 0 radical (unpaired) electrons. The van der Waals surface area contributed by atoms with Crippen molar-refractivity contribution < 1.29 is 97.0 Å². The van der Waals surface area contributed by atoms with Crippen LogP contribution in [-0.2, 0) is 66.4 Å². The van der Waals surface area contributed by atoms with Crippen molar-refractivity contribution >= 4 is 5.97 Å². The molecule has 7 aliphatic heterocycles. The van der Waals surface area contributed by atoms with Gasteiger partial charge in [0.05, 0.1) is 80.1 Å². The largest absolute Gasteiger partial charge is 0.469 e. The van der Waals surface area contributed by atoms with E-state index in [1.54, 1.807) is 27.2 Å². The Bertz CT molecular complexity index is 1790. The maximum absolute atomic E-state index is 13.8. The Morgan fingerprint density at radius 1 is 0.746 bits per heavy atom. The lowest BCUT2D eigenvalue weighted by molar-refractivity contribution is -0.356. The average molecular weight is 957 g/mol. The van der Waals surface area contributed by atoms with Crippen LogP contribution in [0.5, 0.6) is 0 Å². The fourth-order valence-corrected chi connectivity index (χ4v) is 12.6. The van der Waals surface area contributed by atoms with E-state index in [9.17, 15) is 35.4 Å². The molecule has 0 aromatic carbocycles. The maximum Gasteiger partial charge on any atom is 0.309 e. The van der Waals surface area contributed by atoms with Crippen LogP contribution in [0.3, 0.4) is 0 Å². The minimum absolute atomic E-state index is 0.0362. The number of rotatable bonds is 11. The monoisotopic (exact) mass is 956 g/mol. The van der Waals surface area contributed by atoms with Crippen molar-refractivity contribution in [3.05, 3.63) is 23.5 Å². The van der Waals surface area contributed by atoms with Crippen molar-refractivity contribution in [1.29, 1.82) is 0 Å². The van der Waals surface area contributed by atoms with Crippen molar-refractivity contribution in [2.75, 3.05) is 27.4 Å². The number of aliphatic hydroxyl groups excluding tert-OH is 6. The molecule has 0 aromatic heterocycles. The highest BCUT2D eigenvalue weighted by Crippen LogP contribution is 2.57. The van der Waals surface area contributed by atoms with E-state index < -0.39 is 135 Å². The van der Waals surface area contributed by atoms with Crippen molar-refractivity contribution in [3.63, 3.8) is 0 Å². The van der Waals surface area contributed by atoms with E-state index in [2.05, 4.69) is 13.0 Å². The molecule has 6 saturated heterocycles. The van der Waals surface area contributed by atoms with E-state index in [1.807, 2.05) is 13.8 Å². The predicted molar refractivity (Wildman–Crippen MR) is 227 cm³/mol. The minimum Gasteiger partial charge on any atom is -0.469 e. The molecule has 0 unspecified atom stereocenters. The second-order valence-corrected chi connectivity index (χ2v) is 20.5. The lowest BCUT2D eigenvalue weighted by atomic mass is 9.55. The molecule has 20 heteroatoms. The highest BCUT2D eigenvalue weighted by molar-refractivity contribution is 5.74. The van der Waals surface area contributed by atoms with Gasteiger partial charge in [-0.15, -0.1) is 0 Å². The summed E-state index contributed by atoms with van der Waals surface area (Å²) < 4.78 is 79.5. The summed E-state index contributed by atoms with van der Waals surface area (Å²) in [7, 11) is 3.08. The number of fused-ring (bicyclic) bond motifs is 3. The molecule has 9 rings (SSSR count). The van der Waals surface area contributed by atoms with E-state index in [0.717, 1.165) is 18.4 Å². The molecule has 67 heavy (non-hydrogen) atoms. The maximum atomic E-state index is 13.8. The quantitative estimate of drug-likeness (QED) is 0.124. The van der Waals surface area contributed by atoms with Crippen molar-refractivity contribution in [2.45, 2.75) is 215 Å². The average Bonchev–Trinajstić information content (AvgIpc) is 3.81. The number of allylic oxidation sites excluding steroid dienone is 1. The Kier molecular flexibility index (Phi) is 14.9. The number of hydrogen-bond donors (Lipinski definition) is 6. The summed E-state index contributed by atoms with van der Waals surface area (Å²) in [5, 5.41) is 63.8. The molecule has 20 nitrogen and oxygen atoms in total. The van der Waals surface area contributed by atoms with Crippen LogP contribution in [-0.4, -0.2) is 193 Å². The van der Waals surface area contributed by atoms with Crippen LogP contribution in [0.15, 0.2) is 23.5 Å². The summed E-state index contributed by atoms with van der Waals surface area (Å²) in [6.45, 7) is 9.14. The highest BCUT2D eigenvalue weighted by Gasteiger charge is 2.59. The van der Waals surface area contributed by atoms with Gasteiger partial charge in [-0.3, -0.25) is 4.79 Å². The van der Waals surface area contributed by atoms with Gasteiger partial charge in [0.1, 0.15) is 48.8 Å². The Labute approximate surface area is 390 Å². The number of ether oxygens (including phenoxy) is 13. The van der Waals surface area contributed by atoms with E-state index in [0.29, 0.717) is 32.3 Å². The first-order chi connectivity index (χ1) is 31.9. The van der Waals surface area contributed by atoms with E-state index >= 15 is 0 Å². The number of methoxy groups -OCH3 is 2. The summed E-state index contributed by atoms with van der Waals surface area (Å²) >= 11 is 0. The van der Waals surface area contributed by atoms with Gasteiger partial charge in [0.2, 0.25) is 5.79 Å². The van der Waals surface area contributed by atoms with Gasteiger partial charge in [-0.1, -0.05) is 18.6 Å². The normalized spacial score (nSPS) is 52.3. The predicted octanol–water partition coefficient (Wildman–Crippen LogP) is 0.829. The molecule has 25 atom stereocenters. The van der Waals surface area contributed by atoms with Gasteiger partial charge in [-0.2, -0.15) is 0 Å². The molecule has 0 bridgehead atoms. The molecule has 9 aliphatic rings. The molecule has 7 fully saturated rings. The van der Waals surface area contributed by atoms with Crippen LogP contribution >= 0.6 is 0 Å². The van der Waals surface area contributed by atoms with Crippen LogP contribution in [0.4, 0.5) is 0 Å². The molecule has 0 spiro atoms. The first kappa shape index (κ1) is 50.0. The van der Waals surface area contributed by atoms with Gasteiger partial charge < -0.3 is 92.2 Å². The second kappa shape index (κ2) is 19.9. The smallest absolute Gasteiger partial charge is 0.309 e. The lowest BCUT2D eigenvalue weighted by Gasteiger charge is -2.52. The van der Waals surface area contributed by atoms with Crippen molar-refractivity contribution in [1.82, 2.24) is 0 Å². The molecule has 1 saturated carbocycles. The lowest BCUT2D eigenvalue weighted by Crippen LogP contribution is -2.62. The number of esters is 1. The summed E-state index contributed by atoms with van der Waals surface area (Å²) in [6.07, 6.45) is -9.91. The molecule has 380 valence electrons. The van der Waals surface area contributed by atoms with Gasteiger partial charge in [0, 0.05) is 40.4 Å². The molecular formula is C47H72O20. The second-order valence-electron chi connectivity index (χ2n) is 20.5. The van der Waals surface area contributed by atoms with Gasteiger partial charge in [-0.05, 0) is 69.8 Å². The third-order valence-corrected chi connectivity index (χ3v) is 16.3. The Hall–Kier alpha value is -1.93. The zero-order chi connectivity index (χ0) is 47.7. The van der Waals surface area contributed by atoms with Gasteiger partial charge >= 0.3 is 5.97 Å². The number of carbonyl (C=O) groups excluding carboxylic acids is 1. The topological polar surface area (TPSA) is 258 Å². The van der Waals surface area contributed by atoms with E-state index in [1.165, 1.54) is 12.7 Å². The SMILES string of the molecule is CO[C@@H]1C[C@H](O[C@@H]2CC3=CC[C@@H]4C(=O)O[C@@H]5CO[C@]6(C)OC=C(CC[C@@H]4[C@@]3(C)C[C@H]2O)[C@H]56)O[C@H](C)[C@H]1O[C@H]1C[C@H](O)[C@H](O[C@@H]2C[C@@H](OC)[C@H](O[C@@H]3O[C@H](CO)[C@@H](O)[C@H](O)[C@H]3O)[C@@H](C)O2)[C@@H](C)O1. The molecule has 6 N–H and O–H groups in total. The standard InChI is InChI=1S/C47H72O20/c1-20-41(65-36-15-31(56-7)43(22(3)61-36)67-45-40(53)39(52)38(51)32(17-48)64-45)27(49)13-34(59-20)66-42-21(2)60-35(14-30(42)55-6)62-29-12-24-9-10-25-26(46(24,4)16-28(29)50)11-8-23-18-57-47(5)37(23)33(19-58-47)63-44(25)54/h9,18,20-22,25-43,45,48-53H,8,10-17,19H2,1-7H3/t20-,21-,22-,25+,26+,27+,28-,29-,30-,31-,32-,33-,34+,35+,36-,37-,38-,39+,40-,41-,42-,43-,45+,46+,47+/m1/s1. The molecule has 2 aliphatic carbocycles. The summed E-state index contributed by atoms with van der Waals surface area (Å²) in [6, 6.07) is 0. The third-order valence-electron chi connectivity index (χ3n) is 16.3. The van der Waals surface area contributed by atoms with Crippen LogP contribution in [0.2, 0.25) is 0 Å². The third kappa shape index (κ3) is 9.51. The molecule has 0 aromatic rings. The highest BCUT2D eigenvalue weighted by atomic mass is 16.8. The van der Waals surface area contributed by atoms with Crippen molar-refractivity contribution in [3.8, 4) is 0 Å². The summed E-state index contributed by atoms with van der Waals surface area (Å²) in [4.78, 5) is 13.8. The Morgan fingerprint density at radius 3 is 2.03 bits per heavy atom. The van der Waals surface area contributed by atoms with Crippen LogP contribution in [0.25, 0.3) is 0 Å². The van der Waals surface area contributed by atoms with E-state index in [-0.39, 0.29) is 42.7 Å². The zero-order valence-electron chi connectivity index (χ0n) is 39.4. The summed E-state index contributed by atoms with van der Waals surface area (Å²) in [5.41, 5.74) is 1.84. The fraction of sp³-hybridized carbons (Fsp3) is 0.894.